The molecule has 146 valence electrons. The number of furan rings is 1. The van der Waals surface area contributed by atoms with Crippen LogP contribution in [0.5, 0.6) is 0 Å². The second-order valence-corrected chi connectivity index (χ2v) is 9.22. The summed E-state index contributed by atoms with van der Waals surface area (Å²) in [5.74, 6) is 0.614. The van der Waals surface area contributed by atoms with Crippen molar-refractivity contribution in [2.45, 2.75) is 24.2 Å². The number of hydrogen-bond donors (Lipinski definition) is 1. The fourth-order valence-corrected chi connectivity index (χ4v) is 5.16. The molecule has 5 rings (SSSR count). The Balaban J connectivity index is 1.58. The lowest BCUT2D eigenvalue weighted by Gasteiger charge is -2.10. The highest BCUT2D eigenvalue weighted by Crippen LogP contribution is 2.38. The third-order valence-electron chi connectivity index (χ3n) is 5.19. The highest BCUT2D eigenvalue weighted by molar-refractivity contribution is 7.92. The normalized spacial score (nSPS) is 14.3. The third-order valence-corrected chi connectivity index (χ3v) is 6.85. The Hall–Kier alpha value is -2.83. The number of hydrogen-bond acceptors (Lipinski definition) is 4. The molecule has 1 aromatic heterocycles. The summed E-state index contributed by atoms with van der Waals surface area (Å²) in [5, 5.41) is 2.60. The zero-order chi connectivity index (χ0) is 20.2. The van der Waals surface area contributed by atoms with Gasteiger partial charge in [0, 0.05) is 18.2 Å². The van der Waals surface area contributed by atoms with E-state index in [0.717, 1.165) is 17.2 Å². The number of benzene rings is 3. The number of fused-ring (bicyclic) bond motifs is 4. The Morgan fingerprint density at radius 1 is 0.966 bits per heavy atom. The van der Waals surface area contributed by atoms with E-state index in [1.165, 1.54) is 6.07 Å². The molecular formula is C22H16ClNO4S. The average Bonchev–Trinajstić information content (AvgIpc) is 3.08. The van der Waals surface area contributed by atoms with Crippen molar-refractivity contribution in [2.24, 2.45) is 0 Å². The number of anilines is 1. The van der Waals surface area contributed by atoms with Gasteiger partial charge in [-0.1, -0.05) is 41.9 Å². The molecule has 4 aromatic rings. The number of nitrogens with one attached hydrogen (secondary N) is 1. The van der Waals surface area contributed by atoms with E-state index < -0.39 is 10.0 Å². The standard InChI is InChI=1S/C22H16ClNO4S/c23-18-12-15(11-17-21-19(25)6-3-7-20(21)28-22(17)18)24-29(26,27)16-9-8-13-4-1-2-5-14(13)10-16/h1-2,4-5,8-12,24H,3,6-7H2. The number of rotatable bonds is 3. The molecule has 0 unspecified atom stereocenters. The predicted molar refractivity (Wildman–Crippen MR) is 113 cm³/mol. The molecule has 1 N–H and O–H groups in total. The van der Waals surface area contributed by atoms with E-state index in [2.05, 4.69) is 4.72 Å². The molecule has 0 saturated carbocycles. The van der Waals surface area contributed by atoms with Gasteiger partial charge in [0.15, 0.2) is 11.4 Å². The number of aryl methyl sites for hydroxylation is 1. The Morgan fingerprint density at radius 2 is 1.76 bits per heavy atom. The van der Waals surface area contributed by atoms with Crippen molar-refractivity contribution in [3.05, 3.63) is 70.9 Å². The van der Waals surface area contributed by atoms with Crippen LogP contribution < -0.4 is 4.72 Å². The SMILES string of the molecule is O=C1CCCc2oc3c(Cl)cc(NS(=O)(=O)c4ccc5ccccc5c4)cc3c21. The minimum atomic E-state index is -3.83. The third kappa shape index (κ3) is 3.09. The minimum Gasteiger partial charge on any atom is -0.459 e. The first-order valence-corrected chi connectivity index (χ1v) is 11.1. The number of halogens is 1. The molecule has 0 atom stereocenters. The molecule has 1 aliphatic carbocycles. The van der Waals surface area contributed by atoms with Gasteiger partial charge in [-0.25, -0.2) is 8.42 Å². The van der Waals surface area contributed by atoms with E-state index in [1.54, 1.807) is 24.3 Å². The first kappa shape index (κ1) is 18.2. The summed E-state index contributed by atoms with van der Waals surface area (Å²) in [5.41, 5.74) is 1.22. The average molecular weight is 426 g/mol. The molecule has 1 aliphatic rings. The fraction of sp³-hybridized carbons (Fsp3) is 0.136. The predicted octanol–water partition coefficient (Wildman–Crippen LogP) is 5.56. The number of ketones is 1. The molecule has 5 nitrogen and oxygen atoms in total. The number of carbonyl (C=O) groups is 1. The maximum absolute atomic E-state index is 12.9. The zero-order valence-corrected chi connectivity index (χ0v) is 16.8. The lowest BCUT2D eigenvalue weighted by atomic mass is 9.94. The van der Waals surface area contributed by atoms with Gasteiger partial charge in [0.1, 0.15) is 5.76 Å². The van der Waals surface area contributed by atoms with E-state index in [4.69, 9.17) is 16.0 Å². The largest absolute Gasteiger partial charge is 0.459 e. The van der Waals surface area contributed by atoms with E-state index in [0.29, 0.717) is 35.1 Å². The van der Waals surface area contributed by atoms with Gasteiger partial charge in [-0.3, -0.25) is 9.52 Å². The molecular weight excluding hydrogens is 410 g/mol. The highest BCUT2D eigenvalue weighted by Gasteiger charge is 2.26. The zero-order valence-electron chi connectivity index (χ0n) is 15.2. The summed E-state index contributed by atoms with van der Waals surface area (Å²) in [7, 11) is -3.83. The second kappa shape index (κ2) is 6.61. The van der Waals surface area contributed by atoms with Crippen LogP contribution in [-0.4, -0.2) is 14.2 Å². The smallest absolute Gasteiger partial charge is 0.261 e. The highest BCUT2D eigenvalue weighted by atomic mass is 35.5. The van der Waals surface area contributed by atoms with Gasteiger partial charge in [-0.05, 0) is 41.5 Å². The van der Waals surface area contributed by atoms with Crippen LogP contribution in [0.2, 0.25) is 5.02 Å². The lowest BCUT2D eigenvalue weighted by Crippen LogP contribution is -2.13. The summed E-state index contributed by atoms with van der Waals surface area (Å²) in [6.45, 7) is 0. The summed E-state index contributed by atoms with van der Waals surface area (Å²) in [6, 6.07) is 15.6. The minimum absolute atomic E-state index is 0.00407. The van der Waals surface area contributed by atoms with Crippen molar-refractivity contribution in [1.82, 2.24) is 0 Å². The number of sulfonamides is 1. The number of carbonyl (C=O) groups excluding carboxylic acids is 1. The van der Waals surface area contributed by atoms with Crippen LogP contribution in [0.1, 0.15) is 29.0 Å². The van der Waals surface area contributed by atoms with Crippen molar-refractivity contribution in [1.29, 1.82) is 0 Å². The summed E-state index contributed by atoms with van der Waals surface area (Å²) in [4.78, 5) is 12.5. The van der Waals surface area contributed by atoms with Crippen molar-refractivity contribution in [3.8, 4) is 0 Å². The molecule has 0 spiro atoms. The van der Waals surface area contributed by atoms with Crippen LogP contribution in [0, 0.1) is 0 Å². The van der Waals surface area contributed by atoms with E-state index in [1.807, 2.05) is 24.3 Å². The summed E-state index contributed by atoms with van der Waals surface area (Å²) < 4.78 is 34.2. The van der Waals surface area contributed by atoms with Crippen molar-refractivity contribution in [2.75, 3.05) is 4.72 Å². The first-order chi connectivity index (χ1) is 13.9. The molecule has 29 heavy (non-hydrogen) atoms. The Labute approximate surface area is 172 Å². The van der Waals surface area contributed by atoms with Crippen molar-refractivity contribution in [3.63, 3.8) is 0 Å². The van der Waals surface area contributed by atoms with E-state index in [-0.39, 0.29) is 21.4 Å². The van der Waals surface area contributed by atoms with Crippen LogP contribution in [0.4, 0.5) is 5.69 Å². The van der Waals surface area contributed by atoms with Gasteiger partial charge < -0.3 is 4.42 Å². The van der Waals surface area contributed by atoms with Gasteiger partial charge in [-0.2, -0.15) is 0 Å². The van der Waals surface area contributed by atoms with Crippen molar-refractivity contribution < 1.29 is 17.6 Å². The molecule has 3 aromatic carbocycles. The van der Waals surface area contributed by atoms with Gasteiger partial charge >= 0.3 is 0 Å². The lowest BCUT2D eigenvalue weighted by molar-refractivity contribution is 0.0971. The van der Waals surface area contributed by atoms with Crippen LogP contribution in [0.15, 0.2) is 63.9 Å². The van der Waals surface area contributed by atoms with Crippen LogP contribution in [-0.2, 0) is 16.4 Å². The van der Waals surface area contributed by atoms with Crippen LogP contribution >= 0.6 is 11.6 Å². The molecule has 1 heterocycles. The Kier molecular flexibility index (Phi) is 4.15. The molecule has 0 amide bonds. The van der Waals surface area contributed by atoms with Crippen LogP contribution in [0.3, 0.4) is 0 Å². The maximum atomic E-state index is 12.9. The van der Waals surface area contributed by atoms with Gasteiger partial charge in [0.25, 0.3) is 10.0 Å². The molecule has 0 fully saturated rings. The van der Waals surface area contributed by atoms with E-state index >= 15 is 0 Å². The maximum Gasteiger partial charge on any atom is 0.261 e. The Morgan fingerprint density at radius 3 is 2.59 bits per heavy atom. The fourth-order valence-electron chi connectivity index (χ4n) is 3.83. The van der Waals surface area contributed by atoms with Gasteiger partial charge in [-0.15, -0.1) is 0 Å². The monoisotopic (exact) mass is 425 g/mol. The molecule has 0 saturated heterocycles. The molecule has 0 aliphatic heterocycles. The topological polar surface area (TPSA) is 76.4 Å². The summed E-state index contributed by atoms with van der Waals surface area (Å²) >= 11 is 6.34. The van der Waals surface area contributed by atoms with Gasteiger partial charge in [0.05, 0.1) is 21.2 Å². The summed E-state index contributed by atoms with van der Waals surface area (Å²) in [6.07, 6.45) is 1.86. The quantitative estimate of drug-likeness (QED) is 0.466. The van der Waals surface area contributed by atoms with E-state index in [9.17, 15) is 13.2 Å². The van der Waals surface area contributed by atoms with Crippen molar-refractivity contribution >= 4 is 54.8 Å². The number of Topliss-reactive ketones (excluding diaryl/α,β-unsaturated/α-hetero) is 1. The second-order valence-electron chi connectivity index (χ2n) is 7.13. The first-order valence-electron chi connectivity index (χ1n) is 9.22. The Bertz CT molecular complexity index is 1410. The van der Waals surface area contributed by atoms with Crippen LogP contribution in [0.25, 0.3) is 21.7 Å². The van der Waals surface area contributed by atoms with Gasteiger partial charge in [0.2, 0.25) is 0 Å². The molecule has 0 bridgehead atoms. The molecule has 7 heteroatoms. The molecule has 0 radical (unpaired) electrons.